The third-order valence-corrected chi connectivity index (χ3v) is 3.90. The smallest absolute Gasteiger partial charge is 0.330 e. The minimum Gasteiger partial charge on any atom is -0.459 e. The zero-order chi connectivity index (χ0) is 16.8. The Morgan fingerprint density at radius 1 is 1.35 bits per heavy atom. The van der Waals surface area contributed by atoms with Crippen LogP contribution in [-0.2, 0) is 14.3 Å². The summed E-state index contributed by atoms with van der Waals surface area (Å²) in [6.45, 7) is 4.37. The van der Waals surface area contributed by atoms with Crippen LogP contribution >= 0.6 is 11.6 Å². The maximum absolute atomic E-state index is 13.0. The lowest BCUT2D eigenvalue weighted by molar-refractivity contribution is -0.145. The van der Waals surface area contributed by atoms with Crippen LogP contribution in [-0.4, -0.2) is 36.0 Å². The number of esters is 1. The Hall–Kier alpha value is -2.14. The molecule has 1 aliphatic heterocycles. The first-order chi connectivity index (χ1) is 11.0. The van der Waals surface area contributed by atoms with Crippen LogP contribution in [0.25, 0.3) is 6.08 Å². The van der Waals surface area contributed by atoms with Gasteiger partial charge in [0.25, 0.3) is 0 Å². The largest absolute Gasteiger partial charge is 0.459 e. The van der Waals surface area contributed by atoms with Crippen LogP contribution in [0.2, 0.25) is 5.02 Å². The van der Waals surface area contributed by atoms with Crippen molar-refractivity contribution in [2.75, 3.05) is 13.1 Å². The fourth-order valence-electron chi connectivity index (χ4n) is 2.31. The van der Waals surface area contributed by atoms with Gasteiger partial charge in [0.1, 0.15) is 11.9 Å². The molecule has 0 N–H and O–H groups in total. The normalized spacial score (nSPS) is 15.7. The van der Waals surface area contributed by atoms with Crippen LogP contribution in [0.5, 0.6) is 0 Å². The number of carbonyl (C=O) groups is 2. The summed E-state index contributed by atoms with van der Waals surface area (Å²) in [5.41, 5.74) is 0.580. The lowest BCUT2D eigenvalue weighted by Gasteiger charge is -2.30. The van der Waals surface area contributed by atoms with Crippen molar-refractivity contribution < 1.29 is 18.7 Å². The number of ether oxygens (including phenoxy) is 1. The molecule has 23 heavy (non-hydrogen) atoms. The highest BCUT2D eigenvalue weighted by Crippen LogP contribution is 2.19. The standard InChI is InChI=1S/C17H17ClFNO3/c1-2-17(22)23-14-7-9-20(10-8-14)16(21)6-4-12-3-5-13(19)11-15(12)18/h2-6,11,14H,1,7-10H2/b6-4+. The minimum atomic E-state index is -0.444. The molecule has 6 heteroatoms. The molecule has 122 valence electrons. The Labute approximate surface area is 139 Å². The lowest BCUT2D eigenvalue weighted by atomic mass is 10.1. The van der Waals surface area contributed by atoms with Gasteiger partial charge in [-0.25, -0.2) is 9.18 Å². The van der Waals surface area contributed by atoms with Crippen molar-refractivity contribution in [1.29, 1.82) is 0 Å². The van der Waals surface area contributed by atoms with Gasteiger partial charge in [0.05, 0.1) is 5.02 Å². The predicted octanol–water partition coefficient (Wildman–Crippen LogP) is 3.21. The second-order valence-corrected chi connectivity index (χ2v) is 5.57. The fraction of sp³-hybridized carbons (Fsp3) is 0.294. The second kappa shape index (κ2) is 7.92. The number of benzene rings is 1. The van der Waals surface area contributed by atoms with Crippen molar-refractivity contribution >= 4 is 29.6 Å². The number of amides is 1. The highest BCUT2D eigenvalue weighted by atomic mass is 35.5. The summed E-state index contributed by atoms with van der Waals surface area (Å²) in [4.78, 5) is 24.9. The summed E-state index contributed by atoms with van der Waals surface area (Å²) in [7, 11) is 0. The molecule has 2 rings (SSSR count). The summed E-state index contributed by atoms with van der Waals surface area (Å²) < 4.78 is 18.1. The van der Waals surface area contributed by atoms with Crippen LogP contribution in [0.1, 0.15) is 18.4 Å². The number of hydrogen-bond donors (Lipinski definition) is 0. The van der Waals surface area contributed by atoms with Crippen LogP contribution in [0, 0.1) is 5.82 Å². The van der Waals surface area contributed by atoms with E-state index < -0.39 is 11.8 Å². The average Bonchev–Trinajstić information content (AvgIpc) is 2.54. The van der Waals surface area contributed by atoms with Crippen molar-refractivity contribution in [3.05, 3.63) is 53.3 Å². The molecular formula is C17H17ClFNO3. The van der Waals surface area contributed by atoms with Gasteiger partial charge in [-0.05, 0) is 23.8 Å². The summed E-state index contributed by atoms with van der Waals surface area (Å²) >= 11 is 5.91. The molecule has 4 nitrogen and oxygen atoms in total. The molecule has 1 saturated heterocycles. The van der Waals surface area contributed by atoms with Crippen LogP contribution in [0.3, 0.4) is 0 Å². The fourth-order valence-corrected chi connectivity index (χ4v) is 2.54. The number of likely N-dealkylation sites (tertiary alicyclic amines) is 1. The molecule has 0 unspecified atom stereocenters. The highest BCUT2D eigenvalue weighted by Gasteiger charge is 2.23. The van der Waals surface area contributed by atoms with Gasteiger partial charge in [-0.15, -0.1) is 0 Å². The van der Waals surface area contributed by atoms with Gasteiger partial charge in [-0.1, -0.05) is 24.2 Å². The van der Waals surface area contributed by atoms with Crippen molar-refractivity contribution in [3.8, 4) is 0 Å². The Kier molecular flexibility index (Phi) is 5.93. The number of nitrogens with zero attached hydrogens (tertiary/aromatic N) is 1. The number of rotatable bonds is 4. The Balaban J connectivity index is 1.88. The molecule has 0 atom stereocenters. The third kappa shape index (κ3) is 4.93. The van der Waals surface area contributed by atoms with Gasteiger partial charge in [0.15, 0.2) is 0 Å². The first-order valence-corrected chi connectivity index (χ1v) is 7.62. The molecule has 1 aromatic rings. The topological polar surface area (TPSA) is 46.6 Å². The Bertz CT molecular complexity index is 637. The molecule has 0 spiro atoms. The molecule has 0 saturated carbocycles. The van der Waals surface area contributed by atoms with Crippen LogP contribution in [0.15, 0.2) is 36.9 Å². The summed E-state index contributed by atoms with van der Waals surface area (Å²) in [5.74, 6) is -1.02. The molecule has 0 radical (unpaired) electrons. The molecule has 0 aromatic heterocycles. The lowest BCUT2D eigenvalue weighted by Crippen LogP contribution is -2.40. The van der Waals surface area contributed by atoms with Crippen molar-refractivity contribution in [2.45, 2.75) is 18.9 Å². The Morgan fingerprint density at radius 2 is 2.04 bits per heavy atom. The van der Waals surface area contributed by atoms with E-state index in [0.29, 0.717) is 31.5 Å². The van der Waals surface area contributed by atoms with E-state index in [2.05, 4.69) is 6.58 Å². The van der Waals surface area contributed by atoms with Gasteiger partial charge >= 0.3 is 5.97 Å². The molecule has 0 bridgehead atoms. The van der Waals surface area contributed by atoms with Crippen LogP contribution in [0.4, 0.5) is 4.39 Å². The van der Waals surface area contributed by atoms with E-state index in [-0.39, 0.29) is 17.0 Å². The van der Waals surface area contributed by atoms with Gasteiger partial charge in [-0.3, -0.25) is 4.79 Å². The van der Waals surface area contributed by atoms with Gasteiger partial charge in [0.2, 0.25) is 5.91 Å². The molecule has 0 aliphatic carbocycles. The summed E-state index contributed by atoms with van der Waals surface area (Å²) in [6.07, 6.45) is 5.11. The maximum Gasteiger partial charge on any atom is 0.330 e. The van der Waals surface area contributed by atoms with E-state index in [1.807, 2.05) is 0 Å². The first-order valence-electron chi connectivity index (χ1n) is 7.24. The molecule has 1 amide bonds. The van der Waals surface area contributed by atoms with Gasteiger partial charge in [0, 0.05) is 38.1 Å². The predicted molar refractivity (Wildman–Crippen MR) is 86.3 cm³/mol. The first kappa shape index (κ1) is 17.2. The van der Waals surface area contributed by atoms with E-state index in [0.717, 1.165) is 6.08 Å². The molecule has 1 aliphatic rings. The van der Waals surface area contributed by atoms with Crippen LogP contribution < -0.4 is 0 Å². The SMILES string of the molecule is C=CC(=O)OC1CCN(C(=O)/C=C/c2ccc(F)cc2Cl)CC1. The molecule has 1 fully saturated rings. The summed E-state index contributed by atoms with van der Waals surface area (Å²) in [6, 6.07) is 4.00. The average molecular weight is 338 g/mol. The van der Waals surface area contributed by atoms with Crippen molar-refractivity contribution in [1.82, 2.24) is 4.90 Å². The van der Waals surface area contributed by atoms with E-state index in [1.54, 1.807) is 11.0 Å². The van der Waals surface area contributed by atoms with Gasteiger partial charge < -0.3 is 9.64 Å². The van der Waals surface area contributed by atoms with E-state index in [9.17, 15) is 14.0 Å². The molecule has 1 aromatic carbocycles. The quantitative estimate of drug-likeness (QED) is 0.626. The van der Waals surface area contributed by atoms with E-state index in [4.69, 9.17) is 16.3 Å². The summed E-state index contributed by atoms with van der Waals surface area (Å²) in [5, 5.41) is 0.254. The molecule has 1 heterocycles. The number of carbonyl (C=O) groups excluding carboxylic acids is 2. The Morgan fingerprint density at radius 3 is 2.65 bits per heavy atom. The molecular weight excluding hydrogens is 321 g/mol. The zero-order valence-corrected chi connectivity index (χ0v) is 13.3. The highest BCUT2D eigenvalue weighted by molar-refractivity contribution is 6.32. The van der Waals surface area contributed by atoms with Crippen molar-refractivity contribution in [2.24, 2.45) is 0 Å². The number of piperidine rings is 1. The zero-order valence-electron chi connectivity index (χ0n) is 12.5. The van der Waals surface area contributed by atoms with Gasteiger partial charge in [-0.2, -0.15) is 0 Å². The van der Waals surface area contributed by atoms with E-state index in [1.165, 1.54) is 24.3 Å². The number of hydrogen-bond acceptors (Lipinski definition) is 3. The third-order valence-electron chi connectivity index (χ3n) is 3.57. The van der Waals surface area contributed by atoms with E-state index >= 15 is 0 Å². The monoisotopic (exact) mass is 337 g/mol. The minimum absolute atomic E-state index is 0.154. The second-order valence-electron chi connectivity index (χ2n) is 5.16. The van der Waals surface area contributed by atoms with Crippen molar-refractivity contribution in [3.63, 3.8) is 0 Å². The maximum atomic E-state index is 13.0. The number of halogens is 2.